The Morgan fingerprint density at radius 3 is 2.55 bits per heavy atom. The molecule has 2 aromatic heterocycles. The topological polar surface area (TPSA) is 66.7 Å². The van der Waals surface area contributed by atoms with Gasteiger partial charge in [0.15, 0.2) is 5.76 Å². The third-order valence-electron chi connectivity index (χ3n) is 3.88. The molecule has 0 spiro atoms. The molecule has 0 bridgehead atoms. The first-order chi connectivity index (χ1) is 10.5. The van der Waals surface area contributed by atoms with Gasteiger partial charge in [0.25, 0.3) is 0 Å². The van der Waals surface area contributed by atoms with Gasteiger partial charge in [-0.25, -0.2) is 8.42 Å². The number of hydrogen-bond acceptors (Lipinski definition) is 6. The summed E-state index contributed by atoms with van der Waals surface area (Å²) in [6, 6.07) is 2.11. The van der Waals surface area contributed by atoms with Crippen LogP contribution in [0.25, 0.3) is 0 Å². The summed E-state index contributed by atoms with van der Waals surface area (Å²) >= 11 is 1.68. The molecular formula is C14H19N3O3S2. The maximum atomic E-state index is 12.7. The van der Waals surface area contributed by atoms with E-state index >= 15 is 0 Å². The highest BCUT2D eigenvalue weighted by atomic mass is 32.2. The molecule has 0 aromatic carbocycles. The SMILES string of the molecule is Cc1noc(C)c1S(=O)(=O)N1CCN(Cc2ccsc2)CC1. The van der Waals surface area contributed by atoms with Crippen molar-refractivity contribution in [1.82, 2.24) is 14.4 Å². The minimum Gasteiger partial charge on any atom is -0.360 e. The molecule has 8 heteroatoms. The predicted molar refractivity (Wildman–Crippen MR) is 84.3 cm³/mol. The van der Waals surface area contributed by atoms with Crippen molar-refractivity contribution in [3.8, 4) is 0 Å². The molecule has 22 heavy (non-hydrogen) atoms. The average Bonchev–Trinajstić information content (AvgIpc) is 3.10. The van der Waals surface area contributed by atoms with Crippen LogP contribution >= 0.6 is 11.3 Å². The van der Waals surface area contributed by atoms with Crippen LogP contribution in [0.3, 0.4) is 0 Å². The van der Waals surface area contributed by atoms with E-state index in [4.69, 9.17) is 4.52 Å². The minimum absolute atomic E-state index is 0.221. The van der Waals surface area contributed by atoms with Gasteiger partial charge in [0.05, 0.1) is 0 Å². The van der Waals surface area contributed by atoms with Crippen LogP contribution in [0.15, 0.2) is 26.2 Å². The van der Waals surface area contributed by atoms with E-state index in [0.717, 1.165) is 19.6 Å². The lowest BCUT2D eigenvalue weighted by Crippen LogP contribution is -2.48. The largest absolute Gasteiger partial charge is 0.360 e. The molecule has 0 radical (unpaired) electrons. The predicted octanol–water partition coefficient (Wildman–Crippen LogP) is 1.86. The van der Waals surface area contributed by atoms with Crippen molar-refractivity contribution < 1.29 is 12.9 Å². The Morgan fingerprint density at radius 2 is 2.00 bits per heavy atom. The molecule has 0 N–H and O–H groups in total. The number of aryl methyl sites for hydroxylation is 2. The summed E-state index contributed by atoms with van der Waals surface area (Å²) in [7, 11) is -3.51. The van der Waals surface area contributed by atoms with Gasteiger partial charge in [-0.1, -0.05) is 5.16 Å². The van der Waals surface area contributed by atoms with Crippen molar-refractivity contribution in [1.29, 1.82) is 0 Å². The van der Waals surface area contributed by atoms with Gasteiger partial charge in [-0.3, -0.25) is 4.90 Å². The Bertz CT molecular complexity index is 710. The van der Waals surface area contributed by atoms with Crippen LogP contribution in [-0.4, -0.2) is 49.0 Å². The van der Waals surface area contributed by atoms with Gasteiger partial charge < -0.3 is 4.52 Å². The van der Waals surface area contributed by atoms with E-state index in [9.17, 15) is 8.42 Å². The van der Waals surface area contributed by atoms with Gasteiger partial charge in [0, 0.05) is 32.7 Å². The molecule has 1 fully saturated rings. The highest BCUT2D eigenvalue weighted by Crippen LogP contribution is 2.24. The van der Waals surface area contributed by atoms with Crippen LogP contribution in [0, 0.1) is 13.8 Å². The Balaban J connectivity index is 1.68. The van der Waals surface area contributed by atoms with Crippen molar-refractivity contribution in [2.24, 2.45) is 0 Å². The Kier molecular flexibility index (Phi) is 4.35. The third kappa shape index (κ3) is 2.96. The molecule has 0 unspecified atom stereocenters. The monoisotopic (exact) mass is 341 g/mol. The van der Waals surface area contributed by atoms with Crippen molar-refractivity contribution in [2.75, 3.05) is 26.2 Å². The molecule has 0 saturated carbocycles. The first kappa shape index (κ1) is 15.7. The standard InChI is InChI=1S/C14H19N3O3S2/c1-11-14(12(2)20-15-11)22(18,19)17-6-4-16(5-7-17)9-13-3-8-21-10-13/h3,8,10H,4-7,9H2,1-2H3. The molecule has 1 aliphatic heterocycles. The lowest BCUT2D eigenvalue weighted by Gasteiger charge is -2.33. The maximum Gasteiger partial charge on any atom is 0.248 e. The second-order valence-corrected chi connectivity index (χ2v) is 8.12. The van der Waals surface area contributed by atoms with Crippen LogP contribution in [0.1, 0.15) is 17.0 Å². The number of rotatable bonds is 4. The van der Waals surface area contributed by atoms with Crippen LogP contribution in [-0.2, 0) is 16.6 Å². The van der Waals surface area contributed by atoms with Gasteiger partial charge in [-0.05, 0) is 36.2 Å². The molecule has 2 aromatic rings. The molecular weight excluding hydrogens is 322 g/mol. The zero-order valence-corrected chi connectivity index (χ0v) is 14.3. The van der Waals surface area contributed by atoms with Crippen LogP contribution < -0.4 is 0 Å². The maximum absolute atomic E-state index is 12.7. The van der Waals surface area contributed by atoms with Crippen molar-refractivity contribution >= 4 is 21.4 Å². The van der Waals surface area contributed by atoms with E-state index in [1.165, 1.54) is 9.87 Å². The number of piperazine rings is 1. The molecule has 0 amide bonds. The summed E-state index contributed by atoms with van der Waals surface area (Å²) in [5.74, 6) is 0.359. The van der Waals surface area contributed by atoms with Gasteiger partial charge in [-0.2, -0.15) is 15.6 Å². The van der Waals surface area contributed by atoms with E-state index in [1.807, 2.05) is 0 Å². The summed E-state index contributed by atoms with van der Waals surface area (Å²) < 4.78 is 32.0. The second kappa shape index (κ2) is 6.11. The van der Waals surface area contributed by atoms with E-state index in [-0.39, 0.29) is 4.90 Å². The van der Waals surface area contributed by atoms with Gasteiger partial charge in [0.1, 0.15) is 10.6 Å². The fraction of sp³-hybridized carbons (Fsp3) is 0.500. The van der Waals surface area contributed by atoms with E-state index in [0.29, 0.717) is 24.5 Å². The number of sulfonamides is 1. The molecule has 3 heterocycles. The molecule has 120 valence electrons. The first-order valence-electron chi connectivity index (χ1n) is 7.15. The first-order valence-corrected chi connectivity index (χ1v) is 9.53. The fourth-order valence-corrected chi connectivity index (χ4v) is 5.11. The Labute approximate surface area is 134 Å². The molecule has 1 saturated heterocycles. The van der Waals surface area contributed by atoms with Crippen LogP contribution in [0.2, 0.25) is 0 Å². The minimum atomic E-state index is -3.51. The number of aromatic nitrogens is 1. The fourth-order valence-electron chi connectivity index (χ4n) is 2.74. The molecule has 0 atom stereocenters. The zero-order valence-electron chi connectivity index (χ0n) is 12.7. The average molecular weight is 341 g/mol. The number of thiophene rings is 1. The summed E-state index contributed by atoms with van der Waals surface area (Å²) in [4.78, 5) is 2.50. The van der Waals surface area contributed by atoms with Crippen molar-refractivity contribution in [2.45, 2.75) is 25.3 Å². The highest BCUT2D eigenvalue weighted by molar-refractivity contribution is 7.89. The number of nitrogens with zero attached hydrogens (tertiary/aromatic N) is 3. The Morgan fingerprint density at radius 1 is 1.27 bits per heavy atom. The summed E-state index contributed by atoms with van der Waals surface area (Å²) in [5.41, 5.74) is 1.71. The summed E-state index contributed by atoms with van der Waals surface area (Å²) in [6.07, 6.45) is 0. The Hall–Kier alpha value is -1.22. The lowest BCUT2D eigenvalue weighted by molar-refractivity contribution is 0.181. The number of hydrogen-bond donors (Lipinski definition) is 0. The van der Waals surface area contributed by atoms with E-state index in [1.54, 1.807) is 25.2 Å². The quantitative estimate of drug-likeness (QED) is 0.849. The molecule has 6 nitrogen and oxygen atoms in total. The lowest BCUT2D eigenvalue weighted by atomic mass is 10.3. The van der Waals surface area contributed by atoms with Gasteiger partial charge >= 0.3 is 0 Å². The van der Waals surface area contributed by atoms with E-state index < -0.39 is 10.0 Å². The second-order valence-electron chi connectivity index (χ2n) is 5.47. The molecule has 1 aliphatic rings. The van der Waals surface area contributed by atoms with Gasteiger partial charge in [-0.15, -0.1) is 0 Å². The van der Waals surface area contributed by atoms with Crippen molar-refractivity contribution in [3.63, 3.8) is 0 Å². The van der Waals surface area contributed by atoms with Crippen LogP contribution in [0.4, 0.5) is 0 Å². The third-order valence-corrected chi connectivity index (χ3v) is 6.76. The molecule has 0 aliphatic carbocycles. The zero-order chi connectivity index (χ0) is 15.7. The van der Waals surface area contributed by atoms with Crippen LogP contribution in [0.5, 0.6) is 0 Å². The van der Waals surface area contributed by atoms with E-state index in [2.05, 4.69) is 26.9 Å². The smallest absolute Gasteiger partial charge is 0.248 e. The molecule has 3 rings (SSSR count). The normalized spacial score (nSPS) is 17.9. The highest BCUT2D eigenvalue weighted by Gasteiger charge is 2.33. The summed E-state index contributed by atoms with van der Waals surface area (Å²) in [5, 5.41) is 7.95. The summed E-state index contributed by atoms with van der Waals surface area (Å²) in [6.45, 7) is 6.64. The van der Waals surface area contributed by atoms with Gasteiger partial charge in [0.2, 0.25) is 10.0 Å². The van der Waals surface area contributed by atoms with Crippen molar-refractivity contribution in [3.05, 3.63) is 33.8 Å².